The average molecular weight is 768 g/mol. The number of hydrogen-bond acceptors (Lipinski definition) is 10. The van der Waals surface area contributed by atoms with Gasteiger partial charge in [-0.15, -0.1) is 6.58 Å². The van der Waals surface area contributed by atoms with Crippen molar-refractivity contribution < 1.29 is 47.8 Å². The van der Waals surface area contributed by atoms with Gasteiger partial charge in [-0.1, -0.05) is 127 Å². The first-order chi connectivity index (χ1) is 27.4. The summed E-state index contributed by atoms with van der Waals surface area (Å²) in [4.78, 5) is 12.6. The smallest absolute Gasteiger partial charge is 0.217 e. The third-order valence-corrected chi connectivity index (χ3v) is 9.71. The Balaban J connectivity index is 1.24. The topological polar surface area (TPSA) is 123 Å². The number of rotatable bonds is 19. The van der Waals surface area contributed by atoms with E-state index in [0.29, 0.717) is 6.61 Å². The minimum Gasteiger partial charge on any atom is -0.385 e. The van der Waals surface area contributed by atoms with Crippen molar-refractivity contribution in [2.75, 3.05) is 13.2 Å². The summed E-state index contributed by atoms with van der Waals surface area (Å²) in [5.41, 5.74) is 3.82. The molecule has 56 heavy (non-hydrogen) atoms. The van der Waals surface area contributed by atoms with Crippen LogP contribution in [0, 0.1) is 0 Å². The van der Waals surface area contributed by atoms with E-state index < -0.39 is 61.3 Å². The van der Waals surface area contributed by atoms with Gasteiger partial charge in [0.1, 0.15) is 42.7 Å². The lowest BCUT2D eigenvalue weighted by Gasteiger charge is -2.47. The highest BCUT2D eigenvalue weighted by Gasteiger charge is 2.50. The Labute approximate surface area is 329 Å². The van der Waals surface area contributed by atoms with Crippen LogP contribution in [0.3, 0.4) is 0 Å². The first-order valence-corrected chi connectivity index (χ1v) is 19.1. The molecular weight excluding hydrogens is 714 g/mol. The van der Waals surface area contributed by atoms with Crippen molar-refractivity contribution in [3.8, 4) is 0 Å². The number of carbonyl (C=O) groups excluding carboxylic acids is 1. The van der Waals surface area contributed by atoms with Crippen LogP contribution >= 0.6 is 0 Å². The summed E-state index contributed by atoms with van der Waals surface area (Å²) in [6.07, 6.45) is -5.88. The first kappa shape index (κ1) is 41.4. The second-order valence-corrected chi connectivity index (χ2v) is 14.0. The third-order valence-electron chi connectivity index (χ3n) is 9.71. The molecule has 0 aliphatic carbocycles. The summed E-state index contributed by atoms with van der Waals surface area (Å²) in [6.45, 7) is 8.22. The summed E-state index contributed by atoms with van der Waals surface area (Å²) in [5, 5.41) is 14.9. The monoisotopic (exact) mass is 767 g/mol. The van der Waals surface area contributed by atoms with Gasteiger partial charge in [0.15, 0.2) is 12.6 Å². The van der Waals surface area contributed by atoms with Gasteiger partial charge in [0.25, 0.3) is 0 Å². The number of ether oxygens (including phenoxy) is 8. The summed E-state index contributed by atoms with van der Waals surface area (Å²) >= 11 is 0. The molecule has 4 aromatic rings. The summed E-state index contributed by atoms with van der Waals surface area (Å²) in [7, 11) is 0. The molecule has 2 saturated heterocycles. The van der Waals surface area contributed by atoms with Crippen LogP contribution in [-0.4, -0.2) is 85.6 Å². The summed E-state index contributed by atoms with van der Waals surface area (Å²) in [5.74, 6) is -0.283. The molecule has 298 valence electrons. The Morgan fingerprint density at radius 1 is 0.625 bits per heavy atom. The van der Waals surface area contributed by atoms with E-state index in [4.69, 9.17) is 37.9 Å². The van der Waals surface area contributed by atoms with Crippen molar-refractivity contribution in [2.45, 2.75) is 102 Å². The molecule has 0 saturated carbocycles. The molecule has 6 rings (SSSR count). The fraction of sp³-hybridized carbons (Fsp3) is 0.400. The molecule has 0 spiro atoms. The van der Waals surface area contributed by atoms with Gasteiger partial charge in [-0.05, 0) is 29.2 Å². The molecule has 2 aliphatic heterocycles. The molecule has 2 aliphatic rings. The highest BCUT2D eigenvalue weighted by Crippen LogP contribution is 2.32. The van der Waals surface area contributed by atoms with Gasteiger partial charge >= 0.3 is 0 Å². The van der Waals surface area contributed by atoms with Gasteiger partial charge in [0, 0.05) is 6.92 Å². The number of aliphatic hydroxyl groups excluding tert-OH is 1. The first-order valence-electron chi connectivity index (χ1n) is 19.1. The highest BCUT2D eigenvalue weighted by atomic mass is 16.7. The van der Waals surface area contributed by atoms with E-state index in [9.17, 15) is 9.90 Å². The highest BCUT2D eigenvalue weighted by molar-refractivity contribution is 5.73. The molecule has 2 N–H and O–H groups in total. The summed E-state index contributed by atoms with van der Waals surface area (Å²) < 4.78 is 51.5. The normalized spacial score (nSPS) is 27.7. The van der Waals surface area contributed by atoms with Crippen molar-refractivity contribution in [1.29, 1.82) is 0 Å². The third kappa shape index (κ3) is 11.6. The predicted molar refractivity (Wildman–Crippen MR) is 209 cm³/mol. The van der Waals surface area contributed by atoms with Gasteiger partial charge in [0.2, 0.25) is 5.91 Å². The van der Waals surface area contributed by atoms with Gasteiger partial charge in [-0.3, -0.25) is 4.79 Å². The maximum atomic E-state index is 12.6. The van der Waals surface area contributed by atoms with E-state index >= 15 is 0 Å². The van der Waals surface area contributed by atoms with Crippen LogP contribution in [-0.2, 0) is 69.1 Å². The van der Waals surface area contributed by atoms with Crippen molar-refractivity contribution >= 4 is 5.91 Å². The Morgan fingerprint density at radius 2 is 1.07 bits per heavy atom. The molecule has 11 heteroatoms. The predicted octanol–water partition coefficient (Wildman–Crippen LogP) is 5.88. The zero-order valence-corrected chi connectivity index (χ0v) is 32.0. The number of carbonyl (C=O) groups is 1. The molecule has 4 aromatic carbocycles. The van der Waals surface area contributed by atoms with E-state index in [1.165, 1.54) is 6.92 Å². The Morgan fingerprint density at radius 3 is 1.54 bits per heavy atom. The van der Waals surface area contributed by atoms with Gasteiger partial charge in [-0.25, -0.2) is 0 Å². The van der Waals surface area contributed by atoms with Crippen molar-refractivity contribution in [3.63, 3.8) is 0 Å². The summed E-state index contributed by atoms with van der Waals surface area (Å²) in [6, 6.07) is 38.3. The van der Waals surface area contributed by atoms with Crippen LogP contribution in [0.15, 0.2) is 134 Å². The molecule has 0 aromatic heterocycles. The number of benzene rings is 4. The SMILES string of the molecule is C=CCO[C@H]1O[C@H](CO[C@@H]2O[C@@H](C)[C@H](OCc3ccccc3)[C@@H](OCc3ccccc3)[C@H]2O)[C@@H](OCc2ccccc2)[C@H](OCc2ccccc2)[C@H]1NC(C)=O. The Kier molecular flexibility index (Phi) is 15.7. The Bertz CT molecular complexity index is 1730. The molecule has 2 fully saturated rings. The lowest BCUT2D eigenvalue weighted by molar-refractivity contribution is -0.330. The zero-order valence-electron chi connectivity index (χ0n) is 32.0. The minimum absolute atomic E-state index is 0.0826. The zero-order chi connectivity index (χ0) is 39.1. The van der Waals surface area contributed by atoms with Crippen LogP contribution < -0.4 is 5.32 Å². The van der Waals surface area contributed by atoms with Crippen LogP contribution in [0.2, 0.25) is 0 Å². The standard InChI is InChI=1S/C45H53NO10/c1-4-25-49-44-38(46-32(3)47)42(52-28-35-21-13-7-14-22-35)41(51-27-34-19-11-6-12-20-34)37(56-44)30-54-45-39(48)43(53-29-36-23-15-8-16-24-36)40(31(2)55-45)50-26-33-17-9-5-10-18-33/h4-24,31,37-45,48H,1,25-30H2,2-3H3,(H,46,47)/t31-,37+,38+,39+,40-,41+,42+,43-,44-,45+/m0/s1. The fourth-order valence-electron chi connectivity index (χ4n) is 6.93. The van der Waals surface area contributed by atoms with E-state index in [1.54, 1.807) is 6.08 Å². The van der Waals surface area contributed by atoms with E-state index in [0.717, 1.165) is 22.3 Å². The lowest BCUT2D eigenvalue weighted by atomic mass is 9.95. The number of nitrogens with one attached hydrogen (secondary N) is 1. The fourth-order valence-corrected chi connectivity index (χ4v) is 6.93. The van der Waals surface area contributed by atoms with Gasteiger partial charge < -0.3 is 48.3 Å². The number of aliphatic hydroxyl groups is 1. The molecule has 0 radical (unpaired) electrons. The molecule has 0 unspecified atom stereocenters. The van der Waals surface area contributed by atoms with E-state index in [2.05, 4.69) is 11.9 Å². The van der Waals surface area contributed by atoms with Crippen molar-refractivity contribution in [1.82, 2.24) is 5.32 Å². The average Bonchev–Trinajstić information content (AvgIpc) is 3.22. The van der Waals surface area contributed by atoms with Crippen molar-refractivity contribution in [2.24, 2.45) is 0 Å². The number of amides is 1. The lowest BCUT2D eigenvalue weighted by Crippen LogP contribution is -2.66. The van der Waals surface area contributed by atoms with Crippen molar-refractivity contribution in [3.05, 3.63) is 156 Å². The molecular formula is C45H53NO10. The molecule has 1 amide bonds. The van der Waals surface area contributed by atoms with Crippen LogP contribution in [0.25, 0.3) is 0 Å². The van der Waals surface area contributed by atoms with Crippen LogP contribution in [0.1, 0.15) is 36.1 Å². The van der Waals surface area contributed by atoms with Gasteiger partial charge in [0.05, 0.1) is 45.7 Å². The largest absolute Gasteiger partial charge is 0.385 e. The van der Waals surface area contributed by atoms with E-state index in [1.807, 2.05) is 128 Å². The molecule has 0 bridgehead atoms. The van der Waals surface area contributed by atoms with Gasteiger partial charge in [-0.2, -0.15) is 0 Å². The van der Waals surface area contributed by atoms with Crippen LogP contribution in [0.4, 0.5) is 0 Å². The molecule has 2 heterocycles. The number of hydrogen-bond donors (Lipinski definition) is 2. The second kappa shape index (κ2) is 21.3. The Hall–Kier alpha value is -4.27. The molecule has 11 nitrogen and oxygen atoms in total. The quantitative estimate of drug-likeness (QED) is 0.112. The minimum atomic E-state index is -1.23. The second-order valence-electron chi connectivity index (χ2n) is 14.0. The van der Waals surface area contributed by atoms with E-state index in [-0.39, 0.29) is 38.9 Å². The maximum absolute atomic E-state index is 12.6. The van der Waals surface area contributed by atoms with Crippen LogP contribution in [0.5, 0.6) is 0 Å². The maximum Gasteiger partial charge on any atom is 0.217 e. The molecule has 10 atom stereocenters.